The summed E-state index contributed by atoms with van der Waals surface area (Å²) < 4.78 is 0. The molecule has 0 spiro atoms. The van der Waals surface area contributed by atoms with E-state index >= 15 is 0 Å². The molecule has 3 heteroatoms. The zero-order valence-electron chi connectivity index (χ0n) is 8.29. The van der Waals surface area contributed by atoms with E-state index in [0.29, 0.717) is 0 Å². The highest BCUT2D eigenvalue weighted by molar-refractivity contribution is 7.12. The summed E-state index contributed by atoms with van der Waals surface area (Å²) in [6.07, 6.45) is 2.66. The molecule has 1 aromatic rings. The van der Waals surface area contributed by atoms with Gasteiger partial charge in [0.1, 0.15) is 6.04 Å². The molecular weight excluding hydrogens is 192 g/mol. The molecule has 0 bridgehead atoms. The number of nitrogens with zero attached hydrogens (tertiary/aromatic N) is 1. The summed E-state index contributed by atoms with van der Waals surface area (Å²) in [6.45, 7) is 3.07. The molecular formula is C11H14N2S. The van der Waals surface area contributed by atoms with Gasteiger partial charge in [-0.05, 0) is 44.4 Å². The van der Waals surface area contributed by atoms with Gasteiger partial charge in [0.25, 0.3) is 0 Å². The summed E-state index contributed by atoms with van der Waals surface area (Å²) in [5.41, 5.74) is 0. The third-order valence-corrected chi connectivity index (χ3v) is 3.55. The smallest absolute Gasteiger partial charge is 0.130 e. The van der Waals surface area contributed by atoms with Gasteiger partial charge in [0.15, 0.2) is 0 Å². The van der Waals surface area contributed by atoms with Crippen LogP contribution in [0.15, 0.2) is 12.1 Å². The van der Waals surface area contributed by atoms with Gasteiger partial charge in [-0.2, -0.15) is 5.26 Å². The minimum Gasteiger partial charge on any atom is -0.297 e. The Hall–Kier alpha value is -0.850. The predicted octanol–water partition coefficient (Wildman–Crippen LogP) is 2.62. The first kappa shape index (κ1) is 9.70. The molecule has 0 radical (unpaired) electrons. The molecule has 1 heterocycles. The van der Waals surface area contributed by atoms with Crippen LogP contribution in [0.1, 0.15) is 28.6 Å². The van der Waals surface area contributed by atoms with Crippen molar-refractivity contribution >= 4 is 11.3 Å². The standard InChI is InChI=1S/C11H14N2S/c1-8-2-5-11(14-8)10(6-12)13-7-9-3-4-9/h2,5,9-10,13H,3-4,7H2,1H3. The molecule has 1 saturated carbocycles. The van der Waals surface area contributed by atoms with Gasteiger partial charge in [0.2, 0.25) is 0 Å². The highest BCUT2D eigenvalue weighted by Gasteiger charge is 2.22. The van der Waals surface area contributed by atoms with Crippen LogP contribution in [-0.2, 0) is 0 Å². The molecule has 1 atom stereocenters. The first-order valence-electron chi connectivity index (χ1n) is 4.99. The Balaban J connectivity index is 1.94. The molecule has 1 aliphatic rings. The fourth-order valence-electron chi connectivity index (χ4n) is 1.42. The number of hydrogen-bond acceptors (Lipinski definition) is 3. The largest absolute Gasteiger partial charge is 0.297 e. The van der Waals surface area contributed by atoms with Crippen LogP contribution in [0.5, 0.6) is 0 Å². The third kappa shape index (κ3) is 2.34. The maximum atomic E-state index is 9.02. The zero-order chi connectivity index (χ0) is 9.97. The second kappa shape index (κ2) is 4.12. The van der Waals surface area contributed by atoms with Crippen molar-refractivity contribution in [3.63, 3.8) is 0 Å². The lowest BCUT2D eigenvalue weighted by molar-refractivity contribution is 0.599. The van der Waals surface area contributed by atoms with Gasteiger partial charge in [0.05, 0.1) is 6.07 Å². The second-order valence-electron chi connectivity index (χ2n) is 3.86. The lowest BCUT2D eigenvalue weighted by Crippen LogP contribution is -2.21. The number of rotatable bonds is 4. The van der Waals surface area contributed by atoms with Crippen LogP contribution in [0, 0.1) is 24.2 Å². The molecule has 1 aliphatic carbocycles. The maximum Gasteiger partial charge on any atom is 0.130 e. The molecule has 2 rings (SSSR count). The average molecular weight is 206 g/mol. The van der Waals surface area contributed by atoms with Gasteiger partial charge in [-0.1, -0.05) is 0 Å². The topological polar surface area (TPSA) is 35.8 Å². The zero-order valence-corrected chi connectivity index (χ0v) is 9.10. The molecule has 0 aromatic carbocycles. The Morgan fingerprint density at radius 3 is 2.93 bits per heavy atom. The number of aryl methyl sites for hydroxylation is 1. The fraction of sp³-hybridized carbons (Fsp3) is 0.545. The summed E-state index contributed by atoms with van der Waals surface area (Å²) in [5.74, 6) is 0.826. The van der Waals surface area contributed by atoms with Gasteiger partial charge in [0, 0.05) is 9.75 Å². The van der Waals surface area contributed by atoms with E-state index in [2.05, 4.69) is 24.4 Å². The minimum absolute atomic E-state index is 0.103. The van der Waals surface area contributed by atoms with Gasteiger partial charge in [-0.15, -0.1) is 11.3 Å². The van der Waals surface area contributed by atoms with Crippen molar-refractivity contribution in [3.8, 4) is 6.07 Å². The molecule has 1 N–H and O–H groups in total. The maximum absolute atomic E-state index is 9.02. The van der Waals surface area contributed by atoms with Gasteiger partial charge in [-0.25, -0.2) is 0 Å². The summed E-state index contributed by atoms with van der Waals surface area (Å²) in [5, 5.41) is 12.3. The van der Waals surface area contributed by atoms with E-state index in [1.807, 2.05) is 6.07 Å². The quantitative estimate of drug-likeness (QED) is 0.822. The van der Waals surface area contributed by atoms with Gasteiger partial charge >= 0.3 is 0 Å². The Morgan fingerprint density at radius 2 is 2.43 bits per heavy atom. The summed E-state index contributed by atoms with van der Waals surface area (Å²) >= 11 is 1.71. The molecule has 2 nitrogen and oxygen atoms in total. The Labute approximate surface area is 88.6 Å². The van der Waals surface area contributed by atoms with Gasteiger partial charge < -0.3 is 0 Å². The fourth-order valence-corrected chi connectivity index (χ4v) is 2.32. The van der Waals surface area contributed by atoms with Crippen LogP contribution in [0.3, 0.4) is 0 Å². The summed E-state index contributed by atoms with van der Waals surface area (Å²) in [4.78, 5) is 2.42. The van der Waals surface area contributed by atoms with E-state index in [-0.39, 0.29) is 6.04 Å². The van der Waals surface area contributed by atoms with Crippen LogP contribution in [-0.4, -0.2) is 6.54 Å². The van der Waals surface area contributed by atoms with Crippen LogP contribution < -0.4 is 5.32 Å². The molecule has 0 aliphatic heterocycles. The van der Waals surface area contributed by atoms with Gasteiger partial charge in [-0.3, -0.25) is 5.32 Å². The molecule has 14 heavy (non-hydrogen) atoms. The van der Waals surface area contributed by atoms with E-state index < -0.39 is 0 Å². The highest BCUT2D eigenvalue weighted by Crippen LogP contribution is 2.29. The Kier molecular flexibility index (Phi) is 2.85. The summed E-state index contributed by atoms with van der Waals surface area (Å²) in [7, 11) is 0. The Bertz CT molecular complexity index is 346. The van der Waals surface area contributed by atoms with Crippen molar-refractivity contribution in [2.45, 2.75) is 25.8 Å². The lowest BCUT2D eigenvalue weighted by atomic mass is 10.2. The predicted molar refractivity (Wildman–Crippen MR) is 58.1 cm³/mol. The normalized spacial score (nSPS) is 17.7. The second-order valence-corrected chi connectivity index (χ2v) is 5.18. The molecule has 1 fully saturated rings. The first-order valence-corrected chi connectivity index (χ1v) is 5.80. The Morgan fingerprint density at radius 1 is 1.64 bits per heavy atom. The van der Waals surface area contributed by atoms with E-state index in [0.717, 1.165) is 17.3 Å². The van der Waals surface area contributed by atoms with E-state index in [1.165, 1.54) is 17.7 Å². The van der Waals surface area contributed by atoms with Crippen molar-refractivity contribution < 1.29 is 0 Å². The van der Waals surface area contributed by atoms with Crippen molar-refractivity contribution in [2.75, 3.05) is 6.54 Å². The van der Waals surface area contributed by atoms with Crippen molar-refractivity contribution in [1.82, 2.24) is 5.32 Å². The van der Waals surface area contributed by atoms with Crippen molar-refractivity contribution in [2.24, 2.45) is 5.92 Å². The van der Waals surface area contributed by atoms with Crippen molar-refractivity contribution in [1.29, 1.82) is 5.26 Å². The molecule has 74 valence electrons. The molecule has 1 aromatic heterocycles. The van der Waals surface area contributed by atoms with E-state index in [9.17, 15) is 0 Å². The lowest BCUT2D eigenvalue weighted by Gasteiger charge is -2.08. The summed E-state index contributed by atoms with van der Waals surface area (Å²) in [6, 6.07) is 6.33. The first-order chi connectivity index (χ1) is 6.79. The molecule has 0 amide bonds. The van der Waals surface area contributed by atoms with Crippen LogP contribution in [0.4, 0.5) is 0 Å². The van der Waals surface area contributed by atoms with E-state index in [1.54, 1.807) is 11.3 Å². The molecule has 1 unspecified atom stereocenters. The number of nitriles is 1. The monoisotopic (exact) mass is 206 g/mol. The number of nitrogens with one attached hydrogen (secondary N) is 1. The van der Waals surface area contributed by atoms with Crippen LogP contribution in [0.2, 0.25) is 0 Å². The SMILES string of the molecule is Cc1ccc(C(C#N)NCC2CC2)s1. The third-order valence-electron chi connectivity index (χ3n) is 2.48. The van der Waals surface area contributed by atoms with Crippen molar-refractivity contribution in [3.05, 3.63) is 21.9 Å². The molecule has 0 saturated heterocycles. The minimum atomic E-state index is -0.103. The number of thiophene rings is 1. The van der Waals surface area contributed by atoms with Crippen LogP contribution >= 0.6 is 11.3 Å². The number of hydrogen-bond donors (Lipinski definition) is 1. The van der Waals surface area contributed by atoms with Crippen LogP contribution in [0.25, 0.3) is 0 Å². The van der Waals surface area contributed by atoms with E-state index in [4.69, 9.17) is 5.26 Å². The highest BCUT2D eigenvalue weighted by atomic mass is 32.1. The average Bonchev–Trinajstić information content (AvgIpc) is 2.90.